The number of carboxylic acids is 1. The Kier molecular flexibility index (Phi) is 5.72. The van der Waals surface area contributed by atoms with Gasteiger partial charge in [-0.25, -0.2) is 0 Å². The molecule has 1 saturated heterocycles. The van der Waals surface area contributed by atoms with Gasteiger partial charge in [0.2, 0.25) is 0 Å². The fourth-order valence-corrected chi connectivity index (χ4v) is 3.87. The minimum Gasteiger partial charge on any atom is -0.492 e. The van der Waals surface area contributed by atoms with Crippen LogP contribution in [0.15, 0.2) is 18.3 Å². The zero-order chi connectivity index (χ0) is 16.8. The number of hydrogen-bond donors (Lipinski definition) is 1. The Morgan fingerprint density at radius 1 is 1.25 bits per heavy atom. The van der Waals surface area contributed by atoms with Gasteiger partial charge >= 0.3 is 5.97 Å². The first-order valence-electron chi connectivity index (χ1n) is 9.11. The van der Waals surface area contributed by atoms with Gasteiger partial charge in [-0.2, -0.15) is 0 Å². The van der Waals surface area contributed by atoms with Crippen LogP contribution in [0.4, 0.5) is 0 Å². The molecule has 0 radical (unpaired) electrons. The van der Waals surface area contributed by atoms with Crippen molar-refractivity contribution in [3.63, 3.8) is 0 Å². The third-order valence-electron chi connectivity index (χ3n) is 5.50. The van der Waals surface area contributed by atoms with Crippen molar-refractivity contribution in [2.24, 2.45) is 5.92 Å². The van der Waals surface area contributed by atoms with Crippen molar-refractivity contribution < 1.29 is 19.4 Å². The third kappa shape index (κ3) is 3.89. The van der Waals surface area contributed by atoms with Crippen LogP contribution in [-0.4, -0.2) is 35.9 Å². The quantitative estimate of drug-likeness (QED) is 0.862. The van der Waals surface area contributed by atoms with Gasteiger partial charge in [-0.1, -0.05) is 32.1 Å². The smallest absolute Gasteiger partial charge is 0.315 e. The molecule has 0 bridgehead atoms. The van der Waals surface area contributed by atoms with Crippen LogP contribution in [0.5, 0.6) is 5.75 Å². The average molecular weight is 333 g/mol. The Morgan fingerprint density at radius 2 is 2.00 bits per heavy atom. The lowest BCUT2D eigenvalue weighted by atomic mass is 9.77. The molecule has 2 heterocycles. The summed E-state index contributed by atoms with van der Waals surface area (Å²) in [6, 6.07) is 3.65. The molecule has 0 unspecified atom stereocenters. The Morgan fingerprint density at radius 3 is 2.62 bits per heavy atom. The summed E-state index contributed by atoms with van der Waals surface area (Å²) in [5, 5.41) is 9.67. The molecule has 2 fully saturated rings. The van der Waals surface area contributed by atoms with Crippen molar-refractivity contribution >= 4 is 5.97 Å². The molecule has 0 atom stereocenters. The molecule has 132 valence electrons. The Bertz CT molecular complexity index is 531. The van der Waals surface area contributed by atoms with E-state index in [1.54, 1.807) is 12.3 Å². The molecule has 0 amide bonds. The number of ether oxygens (including phenoxy) is 2. The minimum absolute atomic E-state index is 0.466. The average Bonchev–Trinajstić information content (AvgIpc) is 2.64. The first-order chi connectivity index (χ1) is 11.7. The second-order valence-corrected chi connectivity index (χ2v) is 7.02. The Balaban J connectivity index is 1.57. The maximum Gasteiger partial charge on any atom is 0.315 e. The number of aromatic nitrogens is 1. The molecule has 1 aliphatic heterocycles. The van der Waals surface area contributed by atoms with E-state index in [2.05, 4.69) is 4.98 Å². The second kappa shape index (κ2) is 7.97. The number of pyridine rings is 1. The summed E-state index contributed by atoms with van der Waals surface area (Å²) in [7, 11) is 0. The molecular formula is C19H27NO4. The SMILES string of the molecule is O=C(O)C1(c2ccc(OCCC3CCCCC3)cn2)CCOCC1. The van der Waals surface area contributed by atoms with E-state index < -0.39 is 11.4 Å². The van der Waals surface area contributed by atoms with Crippen LogP contribution in [0.1, 0.15) is 57.1 Å². The predicted molar refractivity (Wildman–Crippen MR) is 90.3 cm³/mol. The summed E-state index contributed by atoms with van der Waals surface area (Å²) in [4.78, 5) is 16.2. The van der Waals surface area contributed by atoms with E-state index in [0.717, 1.165) is 18.1 Å². The van der Waals surface area contributed by atoms with E-state index in [0.29, 0.717) is 38.4 Å². The summed E-state index contributed by atoms with van der Waals surface area (Å²) < 4.78 is 11.1. The number of hydrogen-bond acceptors (Lipinski definition) is 4. The number of carbonyl (C=O) groups is 1. The van der Waals surface area contributed by atoms with Crippen molar-refractivity contribution in [1.82, 2.24) is 4.98 Å². The van der Waals surface area contributed by atoms with Crippen LogP contribution in [0.3, 0.4) is 0 Å². The second-order valence-electron chi connectivity index (χ2n) is 7.02. The third-order valence-corrected chi connectivity index (χ3v) is 5.50. The van der Waals surface area contributed by atoms with Gasteiger partial charge in [-0.3, -0.25) is 9.78 Å². The van der Waals surface area contributed by atoms with E-state index in [9.17, 15) is 9.90 Å². The molecule has 0 spiro atoms. The molecule has 3 rings (SSSR count). The lowest BCUT2D eigenvalue weighted by Gasteiger charge is -2.32. The molecule has 1 aromatic heterocycles. The van der Waals surface area contributed by atoms with E-state index in [1.165, 1.54) is 32.1 Å². The molecule has 1 saturated carbocycles. The van der Waals surface area contributed by atoms with Crippen LogP contribution in [0.25, 0.3) is 0 Å². The summed E-state index contributed by atoms with van der Waals surface area (Å²) in [6.45, 7) is 1.64. The van der Waals surface area contributed by atoms with Crippen molar-refractivity contribution in [1.29, 1.82) is 0 Å². The normalized spacial score (nSPS) is 21.3. The van der Waals surface area contributed by atoms with E-state index in [1.807, 2.05) is 6.07 Å². The first-order valence-corrected chi connectivity index (χ1v) is 9.11. The van der Waals surface area contributed by atoms with Crippen molar-refractivity contribution in [3.8, 4) is 5.75 Å². The zero-order valence-corrected chi connectivity index (χ0v) is 14.2. The molecule has 1 aromatic rings. The van der Waals surface area contributed by atoms with Crippen LogP contribution in [-0.2, 0) is 14.9 Å². The highest BCUT2D eigenvalue weighted by molar-refractivity contribution is 5.80. The van der Waals surface area contributed by atoms with E-state index in [4.69, 9.17) is 9.47 Å². The van der Waals surface area contributed by atoms with Crippen LogP contribution in [0, 0.1) is 5.92 Å². The molecular weight excluding hydrogens is 306 g/mol. The standard InChI is InChI=1S/C19H27NO4/c21-18(22)19(9-12-23-13-10-19)17-7-6-16(14-20-17)24-11-8-15-4-2-1-3-5-15/h6-7,14-15H,1-5,8-13H2,(H,21,22). The van der Waals surface area contributed by atoms with Crippen molar-refractivity contribution in [3.05, 3.63) is 24.0 Å². The van der Waals surface area contributed by atoms with Gasteiger partial charge in [0.15, 0.2) is 0 Å². The molecule has 5 heteroatoms. The number of carboxylic acid groups (broad SMARTS) is 1. The summed E-state index contributed by atoms with van der Waals surface area (Å²) in [5.41, 5.74) is -0.309. The molecule has 0 aromatic carbocycles. The first kappa shape index (κ1) is 17.2. The number of rotatable bonds is 6. The largest absolute Gasteiger partial charge is 0.492 e. The number of nitrogens with zero attached hydrogens (tertiary/aromatic N) is 1. The maximum absolute atomic E-state index is 11.8. The van der Waals surface area contributed by atoms with Crippen LogP contribution < -0.4 is 4.74 Å². The zero-order valence-electron chi connectivity index (χ0n) is 14.2. The molecule has 5 nitrogen and oxygen atoms in total. The van der Waals surface area contributed by atoms with Gasteiger partial charge in [-0.05, 0) is 37.3 Å². The van der Waals surface area contributed by atoms with Gasteiger partial charge in [0.05, 0.1) is 18.5 Å². The molecule has 1 N–H and O–H groups in total. The van der Waals surface area contributed by atoms with E-state index in [-0.39, 0.29) is 0 Å². The van der Waals surface area contributed by atoms with E-state index >= 15 is 0 Å². The lowest BCUT2D eigenvalue weighted by Crippen LogP contribution is -2.41. The highest BCUT2D eigenvalue weighted by Crippen LogP contribution is 2.34. The van der Waals surface area contributed by atoms with Gasteiger partial charge in [0.1, 0.15) is 11.2 Å². The molecule has 2 aliphatic rings. The minimum atomic E-state index is -0.918. The van der Waals surface area contributed by atoms with Gasteiger partial charge in [0, 0.05) is 13.2 Å². The highest BCUT2D eigenvalue weighted by Gasteiger charge is 2.43. The monoisotopic (exact) mass is 333 g/mol. The lowest BCUT2D eigenvalue weighted by molar-refractivity contribution is -0.148. The molecule has 24 heavy (non-hydrogen) atoms. The van der Waals surface area contributed by atoms with Gasteiger partial charge in [0.25, 0.3) is 0 Å². The van der Waals surface area contributed by atoms with Gasteiger partial charge < -0.3 is 14.6 Å². The maximum atomic E-state index is 11.8. The van der Waals surface area contributed by atoms with Crippen molar-refractivity contribution in [2.75, 3.05) is 19.8 Å². The summed E-state index contributed by atoms with van der Waals surface area (Å²) in [6.07, 6.45) is 10.4. The Hall–Kier alpha value is -1.62. The summed E-state index contributed by atoms with van der Waals surface area (Å²) in [5.74, 6) is 0.704. The fraction of sp³-hybridized carbons (Fsp3) is 0.684. The van der Waals surface area contributed by atoms with Crippen LogP contribution >= 0.6 is 0 Å². The van der Waals surface area contributed by atoms with Crippen molar-refractivity contribution in [2.45, 2.75) is 56.8 Å². The molecule has 1 aliphatic carbocycles. The fourth-order valence-electron chi connectivity index (χ4n) is 3.87. The number of aliphatic carboxylic acids is 1. The topological polar surface area (TPSA) is 68.7 Å². The van der Waals surface area contributed by atoms with Crippen LogP contribution in [0.2, 0.25) is 0 Å². The Labute approximate surface area is 143 Å². The highest BCUT2D eigenvalue weighted by atomic mass is 16.5. The predicted octanol–water partition coefficient (Wildman–Crippen LogP) is 3.56. The van der Waals surface area contributed by atoms with Gasteiger partial charge in [-0.15, -0.1) is 0 Å². The summed E-state index contributed by atoms with van der Waals surface area (Å²) >= 11 is 0.